The van der Waals surface area contributed by atoms with Crippen LogP contribution in [-0.2, 0) is 4.79 Å². The van der Waals surface area contributed by atoms with Crippen LogP contribution in [0.5, 0.6) is 0 Å². The molecule has 0 radical (unpaired) electrons. The average Bonchev–Trinajstić information content (AvgIpc) is 2.98. The number of para-hydroxylation sites is 1. The van der Waals surface area contributed by atoms with Crippen molar-refractivity contribution in [3.8, 4) is 0 Å². The summed E-state index contributed by atoms with van der Waals surface area (Å²) in [6, 6.07) is 10.9. The van der Waals surface area contributed by atoms with E-state index in [-0.39, 0.29) is 11.1 Å². The van der Waals surface area contributed by atoms with Gasteiger partial charge in [0.25, 0.3) is 5.91 Å². The first-order valence-electron chi connectivity index (χ1n) is 9.84. The fraction of sp³-hybridized carbons (Fsp3) is 0.160. The number of anilines is 1. The van der Waals surface area contributed by atoms with Crippen molar-refractivity contribution in [2.24, 2.45) is 0 Å². The molecule has 0 spiro atoms. The van der Waals surface area contributed by atoms with E-state index in [0.717, 1.165) is 11.6 Å². The van der Waals surface area contributed by atoms with Gasteiger partial charge in [-0.1, -0.05) is 24.3 Å². The van der Waals surface area contributed by atoms with E-state index in [1.54, 1.807) is 29.2 Å². The third-order valence-corrected chi connectivity index (χ3v) is 5.78. The van der Waals surface area contributed by atoms with Crippen LogP contribution in [0, 0.1) is 5.82 Å². The van der Waals surface area contributed by atoms with Crippen LogP contribution < -0.4 is 10.5 Å². The summed E-state index contributed by atoms with van der Waals surface area (Å²) in [5, 5.41) is 0.593. The molecule has 1 aromatic heterocycles. The third kappa shape index (κ3) is 2.79. The minimum absolute atomic E-state index is 0.0597. The Kier molecular flexibility index (Phi) is 3.93. The zero-order valence-electron chi connectivity index (χ0n) is 17.2. The van der Waals surface area contributed by atoms with Crippen LogP contribution in [-0.4, -0.2) is 17.2 Å². The SMILES string of the molecule is CC1=CC(C)(C)N2C(=O)/C(=C\C(=O)c3cc4ccccc4oc3=O)c3cc(F)cc1c32. The van der Waals surface area contributed by atoms with E-state index in [9.17, 15) is 18.8 Å². The zero-order chi connectivity index (χ0) is 22.1. The number of rotatable bonds is 2. The Balaban J connectivity index is 1.69. The highest BCUT2D eigenvalue weighted by Gasteiger charge is 2.45. The molecule has 0 saturated heterocycles. The molecule has 6 heteroatoms. The van der Waals surface area contributed by atoms with Gasteiger partial charge in [-0.3, -0.25) is 14.5 Å². The van der Waals surface area contributed by atoms with Crippen LogP contribution in [0.3, 0.4) is 0 Å². The van der Waals surface area contributed by atoms with Crippen molar-refractivity contribution in [2.75, 3.05) is 4.90 Å². The van der Waals surface area contributed by atoms with Gasteiger partial charge in [0.2, 0.25) is 0 Å². The first kappa shape index (κ1) is 19.2. The second-order valence-electron chi connectivity index (χ2n) is 8.38. The molecule has 0 aliphatic carbocycles. The Morgan fingerprint density at radius 2 is 1.81 bits per heavy atom. The fourth-order valence-corrected chi connectivity index (χ4v) is 4.49. The van der Waals surface area contributed by atoms with E-state index in [4.69, 9.17) is 4.42 Å². The molecular formula is C25H18FNO4. The van der Waals surface area contributed by atoms with Crippen LogP contribution in [0.25, 0.3) is 22.1 Å². The lowest BCUT2D eigenvalue weighted by Gasteiger charge is -2.38. The standard InChI is InChI=1S/C25H18FNO4/c1-13-12-25(2,3)27-22-16(13)9-15(26)10-17(22)18(23(27)29)11-20(28)19-8-14-6-4-5-7-21(14)31-24(19)30/h4-12H,1-3H3/b18-11-. The molecule has 1 amide bonds. The fourth-order valence-electron chi connectivity index (χ4n) is 4.49. The molecule has 0 saturated carbocycles. The number of nitrogens with zero attached hydrogens (tertiary/aromatic N) is 1. The number of carbonyl (C=O) groups excluding carboxylic acids is 2. The lowest BCUT2D eigenvalue weighted by atomic mass is 9.89. The van der Waals surface area contributed by atoms with Crippen LogP contribution in [0.1, 0.15) is 42.3 Å². The quantitative estimate of drug-likeness (QED) is 0.344. The van der Waals surface area contributed by atoms with Crippen molar-refractivity contribution in [1.29, 1.82) is 0 Å². The first-order valence-corrected chi connectivity index (χ1v) is 9.84. The van der Waals surface area contributed by atoms with Gasteiger partial charge >= 0.3 is 5.63 Å². The van der Waals surface area contributed by atoms with Gasteiger partial charge in [0.15, 0.2) is 5.78 Å². The topological polar surface area (TPSA) is 67.6 Å². The molecule has 5 rings (SSSR count). The third-order valence-electron chi connectivity index (χ3n) is 5.78. The van der Waals surface area contributed by atoms with Gasteiger partial charge in [0.1, 0.15) is 17.0 Å². The van der Waals surface area contributed by atoms with E-state index in [1.807, 2.05) is 26.8 Å². The number of hydrogen-bond acceptors (Lipinski definition) is 4. The van der Waals surface area contributed by atoms with Gasteiger partial charge in [-0.05, 0) is 56.7 Å². The van der Waals surface area contributed by atoms with Gasteiger partial charge in [-0.2, -0.15) is 0 Å². The molecule has 0 atom stereocenters. The van der Waals surface area contributed by atoms with Crippen molar-refractivity contribution in [1.82, 2.24) is 0 Å². The zero-order valence-corrected chi connectivity index (χ0v) is 17.2. The van der Waals surface area contributed by atoms with E-state index >= 15 is 0 Å². The van der Waals surface area contributed by atoms with Gasteiger partial charge < -0.3 is 4.42 Å². The summed E-state index contributed by atoms with van der Waals surface area (Å²) in [4.78, 5) is 40.3. The molecule has 154 valence electrons. The van der Waals surface area contributed by atoms with Crippen molar-refractivity contribution >= 4 is 39.5 Å². The molecule has 0 unspecified atom stereocenters. The molecule has 5 nitrogen and oxygen atoms in total. The van der Waals surface area contributed by atoms with Crippen molar-refractivity contribution in [3.05, 3.63) is 87.5 Å². The molecule has 2 aliphatic heterocycles. The normalized spacial score (nSPS) is 17.8. The maximum atomic E-state index is 14.4. The lowest BCUT2D eigenvalue weighted by Crippen LogP contribution is -2.46. The van der Waals surface area contributed by atoms with Gasteiger partial charge in [-0.25, -0.2) is 9.18 Å². The van der Waals surface area contributed by atoms with E-state index in [1.165, 1.54) is 18.2 Å². The minimum Gasteiger partial charge on any atom is -0.422 e. The van der Waals surface area contributed by atoms with E-state index < -0.39 is 28.7 Å². The number of fused-ring (bicyclic) bond motifs is 1. The molecule has 0 fully saturated rings. The molecule has 2 aliphatic rings. The van der Waals surface area contributed by atoms with E-state index in [0.29, 0.717) is 27.8 Å². The Morgan fingerprint density at radius 3 is 2.58 bits per heavy atom. The lowest BCUT2D eigenvalue weighted by molar-refractivity contribution is -0.113. The molecular weight excluding hydrogens is 397 g/mol. The van der Waals surface area contributed by atoms with E-state index in [2.05, 4.69) is 0 Å². The number of allylic oxidation sites excluding steroid dienone is 2. The summed E-state index contributed by atoms with van der Waals surface area (Å²) < 4.78 is 19.6. The van der Waals surface area contributed by atoms with Crippen LogP contribution in [0.2, 0.25) is 0 Å². The monoisotopic (exact) mass is 415 g/mol. The van der Waals surface area contributed by atoms with Crippen LogP contribution in [0.4, 0.5) is 10.1 Å². The highest BCUT2D eigenvalue weighted by atomic mass is 19.1. The molecule has 2 aromatic carbocycles. The largest absolute Gasteiger partial charge is 0.422 e. The first-order chi connectivity index (χ1) is 14.7. The van der Waals surface area contributed by atoms with Crippen LogP contribution >= 0.6 is 0 Å². The number of carbonyl (C=O) groups is 2. The number of ketones is 1. The number of halogens is 1. The number of benzene rings is 2. The minimum atomic E-state index is -0.787. The molecule has 31 heavy (non-hydrogen) atoms. The summed E-state index contributed by atoms with van der Waals surface area (Å²) in [5.41, 5.74) is 1.21. The second-order valence-corrected chi connectivity index (χ2v) is 8.38. The predicted octanol–water partition coefficient (Wildman–Crippen LogP) is 4.74. The van der Waals surface area contributed by atoms with Crippen molar-refractivity contribution < 1.29 is 18.4 Å². The summed E-state index contributed by atoms with van der Waals surface area (Å²) in [5.74, 6) is -1.57. The summed E-state index contributed by atoms with van der Waals surface area (Å²) >= 11 is 0. The maximum Gasteiger partial charge on any atom is 0.347 e. The predicted molar refractivity (Wildman–Crippen MR) is 116 cm³/mol. The van der Waals surface area contributed by atoms with Crippen molar-refractivity contribution in [2.45, 2.75) is 26.3 Å². The number of amides is 1. The Labute approximate surface area is 177 Å². The summed E-state index contributed by atoms with van der Waals surface area (Å²) in [6.07, 6.45) is 3.02. The molecule has 0 bridgehead atoms. The molecule has 3 heterocycles. The Morgan fingerprint density at radius 1 is 1.10 bits per heavy atom. The Bertz CT molecular complexity index is 1440. The highest BCUT2D eigenvalue weighted by molar-refractivity contribution is 6.37. The van der Waals surface area contributed by atoms with Gasteiger partial charge in [0.05, 0.1) is 16.8 Å². The average molecular weight is 415 g/mol. The molecule has 3 aromatic rings. The maximum absolute atomic E-state index is 14.4. The van der Waals surface area contributed by atoms with Gasteiger partial charge in [-0.15, -0.1) is 0 Å². The number of hydrogen-bond donors (Lipinski definition) is 0. The summed E-state index contributed by atoms with van der Waals surface area (Å²) in [6.45, 7) is 5.63. The Hall–Kier alpha value is -3.80. The van der Waals surface area contributed by atoms with Crippen LogP contribution in [0.15, 0.2) is 63.8 Å². The highest BCUT2D eigenvalue weighted by Crippen LogP contribution is 2.49. The smallest absolute Gasteiger partial charge is 0.347 e. The molecule has 0 N–H and O–H groups in total. The van der Waals surface area contributed by atoms with Gasteiger partial charge in [0, 0.05) is 16.5 Å². The van der Waals surface area contributed by atoms with Crippen molar-refractivity contribution in [3.63, 3.8) is 0 Å². The second kappa shape index (κ2) is 6.35. The summed E-state index contributed by atoms with van der Waals surface area (Å²) in [7, 11) is 0.